The van der Waals surface area contributed by atoms with Crippen molar-refractivity contribution in [1.82, 2.24) is 0 Å². The molecule has 3 unspecified atom stereocenters. The summed E-state index contributed by atoms with van der Waals surface area (Å²) in [7, 11) is 0. The fourth-order valence-corrected chi connectivity index (χ4v) is 6.98. The lowest BCUT2D eigenvalue weighted by molar-refractivity contribution is -0.0859. The number of hydrogen-bond acceptors (Lipinski definition) is 0. The van der Waals surface area contributed by atoms with Gasteiger partial charge in [0.15, 0.2) is 0 Å². The standard InChI is InChI=1S/C17H30/c1-7-12-11(3)14-15(12)16(4,5)13-9-8-10(2)17(13,14)6/h10-15H,7-9H2,1-6H3/t10-,11?,12?,13+,14?,15-,17-/m1/s1. The Kier molecular flexibility index (Phi) is 2.34. The van der Waals surface area contributed by atoms with Gasteiger partial charge < -0.3 is 0 Å². The highest BCUT2D eigenvalue weighted by molar-refractivity contribution is 5.20. The fraction of sp³-hybridized carbons (Fsp3) is 1.00. The van der Waals surface area contributed by atoms with Crippen LogP contribution in [-0.2, 0) is 0 Å². The van der Waals surface area contributed by atoms with Crippen molar-refractivity contribution in [2.24, 2.45) is 46.3 Å². The van der Waals surface area contributed by atoms with E-state index in [2.05, 4.69) is 41.5 Å². The van der Waals surface area contributed by atoms with Gasteiger partial charge in [0.1, 0.15) is 0 Å². The molecule has 3 fully saturated rings. The molecule has 0 amide bonds. The maximum absolute atomic E-state index is 2.64. The second kappa shape index (κ2) is 3.31. The Morgan fingerprint density at radius 1 is 1.00 bits per heavy atom. The monoisotopic (exact) mass is 234 g/mol. The van der Waals surface area contributed by atoms with Crippen molar-refractivity contribution in [3.63, 3.8) is 0 Å². The Morgan fingerprint density at radius 3 is 2.24 bits per heavy atom. The number of fused-ring (bicyclic) bond motifs is 3. The SMILES string of the molecule is CCC1C(C)C2[C@@H]1C(C)(C)[C@@H]1CC[C@@H](C)[C@@]21C. The van der Waals surface area contributed by atoms with E-state index in [4.69, 9.17) is 0 Å². The average Bonchev–Trinajstić information content (AvgIpc) is 2.60. The summed E-state index contributed by atoms with van der Waals surface area (Å²) >= 11 is 0. The highest BCUT2D eigenvalue weighted by atomic mass is 14.8. The zero-order valence-corrected chi connectivity index (χ0v) is 12.6. The van der Waals surface area contributed by atoms with E-state index in [1.807, 2.05) is 0 Å². The van der Waals surface area contributed by atoms with Gasteiger partial charge in [0.2, 0.25) is 0 Å². The van der Waals surface area contributed by atoms with E-state index >= 15 is 0 Å². The summed E-state index contributed by atoms with van der Waals surface area (Å²) in [6.45, 7) is 15.3. The Balaban J connectivity index is 2.03. The molecule has 0 aromatic rings. The minimum Gasteiger partial charge on any atom is -0.0651 e. The molecular weight excluding hydrogens is 204 g/mol. The van der Waals surface area contributed by atoms with Crippen LogP contribution in [0, 0.1) is 46.3 Å². The van der Waals surface area contributed by atoms with Gasteiger partial charge in [-0.1, -0.05) is 48.0 Å². The second-order valence-corrected chi connectivity index (χ2v) is 8.20. The average molecular weight is 234 g/mol. The van der Waals surface area contributed by atoms with Crippen LogP contribution >= 0.6 is 0 Å². The van der Waals surface area contributed by atoms with Crippen LogP contribution in [0.3, 0.4) is 0 Å². The Bertz CT molecular complexity index is 329. The molecule has 98 valence electrons. The molecule has 7 atom stereocenters. The summed E-state index contributed by atoms with van der Waals surface area (Å²) < 4.78 is 0. The summed E-state index contributed by atoms with van der Waals surface area (Å²) in [5.74, 6) is 6.02. The van der Waals surface area contributed by atoms with Crippen LogP contribution in [0.15, 0.2) is 0 Å². The van der Waals surface area contributed by atoms with E-state index < -0.39 is 0 Å². The molecule has 0 aromatic carbocycles. The molecule has 3 aliphatic rings. The molecule has 0 heteroatoms. The van der Waals surface area contributed by atoms with Crippen molar-refractivity contribution in [3.8, 4) is 0 Å². The van der Waals surface area contributed by atoms with Crippen molar-refractivity contribution in [2.45, 2.75) is 60.8 Å². The molecule has 3 saturated carbocycles. The van der Waals surface area contributed by atoms with Crippen molar-refractivity contribution in [2.75, 3.05) is 0 Å². The minimum absolute atomic E-state index is 0.608. The van der Waals surface area contributed by atoms with Crippen LogP contribution in [0.2, 0.25) is 0 Å². The van der Waals surface area contributed by atoms with Crippen LogP contribution < -0.4 is 0 Å². The molecule has 0 heterocycles. The first kappa shape index (κ1) is 12.1. The lowest BCUT2D eigenvalue weighted by atomic mass is 9.48. The highest BCUT2D eigenvalue weighted by Crippen LogP contribution is 2.77. The number of rotatable bonds is 1. The summed E-state index contributed by atoms with van der Waals surface area (Å²) in [6.07, 6.45) is 4.39. The zero-order valence-electron chi connectivity index (χ0n) is 12.6. The third kappa shape index (κ3) is 1.12. The Hall–Kier alpha value is 0. The van der Waals surface area contributed by atoms with E-state index in [0.29, 0.717) is 10.8 Å². The van der Waals surface area contributed by atoms with Crippen LogP contribution in [0.4, 0.5) is 0 Å². The van der Waals surface area contributed by atoms with Gasteiger partial charge in [0.05, 0.1) is 0 Å². The zero-order chi connectivity index (χ0) is 12.6. The third-order valence-electron chi connectivity index (χ3n) is 7.74. The van der Waals surface area contributed by atoms with Crippen molar-refractivity contribution < 1.29 is 0 Å². The molecule has 0 bridgehead atoms. The normalized spacial score (nSPS) is 59.6. The fourth-order valence-electron chi connectivity index (χ4n) is 6.98. The van der Waals surface area contributed by atoms with Gasteiger partial charge >= 0.3 is 0 Å². The summed E-state index contributed by atoms with van der Waals surface area (Å²) in [6, 6.07) is 0. The molecule has 17 heavy (non-hydrogen) atoms. The number of hydrogen-bond donors (Lipinski definition) is 0. The van der Waals surface area contributed by atoms with E-state index in [1.165, 1.54) is 19.3 Å². The van der Waals surface area contributed by atoms with Crippen LogP contribution in [-0.4, -0.2) is 0 Å². The van der Waals surface area contributed by atoms with Gasteiger partial charge in [-0.05, 0) is 59.2 Å². The van der Waals surface area contributed by atoms with E-state index in [0.717, 1.165) is 35.5 Å². The molecular formula is C17H30. The Morgan fingerprint density at radius 2 is 1.65 bits per heavy atom. The lowest BCUT2D eigenvalue weighted by Gasteiger charge is -2.56. The lowest BCUT2D eigenvalue weighted by Crippen LogP contribution is -2.51. The maximum Gasteiger partial charge on any atom is -0.0233 e. The quantitative estimate of drug-likeness (QED) is 0.600. The molecule has 0 nitrogen and oxygen atoms in total. The molecule has 0 radical (unpaired) electrons. The van der Waals surface area contributed by atoms with E-state index in [9.17, 15) is 0 Å². The maximum atomic E-state index is 2.64. The highest BCUT2D eigenvalue weighted by Gasteiger charge is 2.72. The van der Waals surface area contributed by atoms with E-state index in [-0.39, 0.29) is 0 Å². The summed E-state index contributed by atoms with van der Waals surface area (Å²) in [5, 5.41) is 0. The molecule has 3 aliphatic carbocycles. The van der Waals surface area contributed by atoms with Crippen LogP contribution in [0.25, 0.3) is 0 Å². The van der Waals surface area contributed by atoms with Gasteiger partial charge in [0, 0.05) is 0 Å². The van der Waals surface area contributed by atoms with Gasteiger partial charge in [-0.3, -0.25) is 0 Å². The molecule has 0 spiro atoms. The largest absolute Gasteiger partial charge is 0.0651 e. The van der Waals surface area contributed by atoms with Gasteiger partial charge in [-0.25, -0.2) is 0 Å². The molecule has 3 rings (SSSR count). The molecule has 0 aliphatic heterocycles. The third-order valence-corrected chi connectivity index (χ3v) is 7.74. The van der Waals surface area contributed by atoms with Crippen molar-refractivity contribution in [1.29, 1.82) is 0 Å². The van der Waals surface area contributed by atoms with Crippen molar-refractivity contribution >= 4 is 0 Å². The second-order valence-electron chi connectivity index (χ2n) is 8.20. The molecule has 0 N–H and O–H groups in total. The first-order valence-electron chi connectivity index (χ1n) is 7.86. The predicted molar refractivity (Wildman–Crippen MR) is 73.7 cm³/mol. The van der Waals surface area contributed by atoms with E-state index in [1.54, 1.807) is 0 Å². The van der Waals surface area contributed by atoms with Gasteiger partial charge in [0.25, 0.3) is 0 Å². The summed E-state index contributed by atoms with van der Waals surface area (Å²) in [4.78, 5) is 0. The topological polar surface area (TPSA) is 0 Å². The van der Waals surface area contributed by atoms with Crippen LogP contribution in [0.1, 0.15) is 60.8 Å². The molecule has 0 aromatic heterocycles. The first-order chi connectivity index (χ1) is 7.86. The van der Waals surface area contributed by atoms with Crippen LogP contribution in [0.5, 0.6) is 0 Å². The first-order valence-corrected chi connectivity index (χ1v) is 7.86. The predicted octanol–water partition coefficient (Wildman–Crippen LogP) is 4.99. The van der Waals surface area contributed by atoms with Gasteiger partial charge in [-0.2, -0.15) is 0 Å². The van der Waals surface area contributed by atoms with Crippen molar-refractivity contribution in [3.05, 3.63) is 0 Å². The minimum atomic E-state index is 0.608. The molecule has 0 saturated heterocycles. The summed E-state index contributed by atoms with van der Waals surface area (Å²) in [5.41, 5.74) is 1.27. The smallest absolute Gasteiger partial charge is 0.0233 e. The Labute approximate surface area is 108 Å². The van der Waals surface area contributed by atoms with Gasteiger partial charge in [-0.15, -0.1) is 0 Å².